The van der Waals surface area contributed by atoms with Gasteiger partial charge in [-0.1, -0.05) is 6.92 Å². The number of likely N-dealkylation sites (tertiary alicyclic amines) is 1. The third-order valence-electron chi connectivity index (χ3n) is 3.09. The van der Waals surface area contributed by atoms with Crippen molar-refractivity contribution in [2.24, 2.45) is 11.7 Å². The van der Waals surface area contributed by atoms with Crippen molar-refractivity contribution in [3.63, 3.8) is 0 Å². The van der Waals surface area contributed by atoms with E-state index in [2.05, 4.69) is 15.5 Å². The van der Waals surface area contributed by atoms with Crippen LogP contribution in [-0.4, -0.2) is 49.6 Å². The largest absolute Gasteiger partial charge is 0.338 e. The summed E-state index contributed by atoms with van der Waals surface area (Å²) < 4.78 is 0. The van der Waals surface area contributed by atoms with Crippen LogP contribution in [0.1, 0.15) is 26.2 Å². The summed E-state index contributed by atoms with van der Waals surface area (Å²) in [4.78, 5) is 25.0. The van der Waals surface area contributed by atoms with Crippen molar-refractivity contribution < 1.29 is 9.59 Å². The molecule has 0 spiro atoms. The number of carbonyl (C=O) groups excluding carboxylic acids is 2. The first-order valence-corrected chi connectivity index (χ1v) is 6.65. The van der Waals surface area contributed by atoms with Gasteiger partial charge in [0.15, 0.2) is 0 Å². The quantitative estimate of drug-likeness (QED) is 0.640. The lowest BCUT2D eigenvalue weighted by Crippen LogP contribution is -2.47. The number of carbonyl (C=O) groups is 2. The molecule has 0 aromatic rings. The zero-order valence-corrected chi connectivity index (χ0v) is 11.1. The standard InChI is InChI=1S/C12H24N4O2/c1-2-5-14-12(18)15-11(17)9-16-6-3-4-10(7-13)8-16/h10H,2-9,13H2,1H3,(H2,14,15,17,18). The molecule has 6 nitrogen and oxygen atoms in total. The van der Waals surface area contributed by atoms with Crippen LogP contribution in [0.25, 0.3) is 0 Å². The predicted molar refractivity (Wildman–Crippen MR) is 70.1 cm³/mol. The molecule has 1 aliphatic heterocycles. The molecule has 1 fully saturated rings. The number of nitrogens with zero attached hydrogens (tertiary/aromatic N) is 1. The summed E-state index contributed by atoms with van der Waals surface area (Å²) in [6.07, 6.45) is 3.05. The Morgan fingerprint density at radius 2 is 2.22 bits per heavy atom. The minimum absolute atomic E-state index is 0.249. The van der Waals surface area contributed by atoms with Gasteiger partial charge >= 0.3 is 6.03 Å². The third kappa shape index (κ3) is 5.46. The zero-order chi connectivity index (χ0) is 13.4. The molecular weight excluding hydrogens is 232 g/mol. The monoisotopic (exact) mass is 256 g/mol. The molecule has 1 unspecified atom stereocenters. The van der Waals surface area contributed by atoms with Crippen LogP contribution in [0.4, 0.5) is 4.79 Å². The Balaban J connectivity index is 2.24. The first kappa shape index (κ1) is 14.9. The smallest absolute Gasteiger partial charge is 0.321 e. The second-order valence-corrected chi connectivity index (χ2v) is 4.78. The van der Waals surface area contributed by atoms with Crippen molar-refractivity contribution in [1.29, 1.82) is 0 Å². The van der Waals surface area contributed by atoms with Crippen LogP contribution in [0.2, 0.25) is 0 Å². The van der Waals surface area contributed by atoms with E-state index in [1.54, 1.807) is 0 Å². The molecule has 0 bridgehead atoms. The Labute approximate surface area is 108 Å². The highest BCUT2D eigenvalue weighted by Gasteiger charge is 2.21. The van der Waals surface area contributed by atoms with E-state index in [-0.39, 0.29) is 12.5 Å². The molecule has 1 atom stereocenters. The Morgan fingerprint density at radius 1 is 1.44 bits per heavy atom. The van der Waals surface area contributed by atoms with E-state index >= 15 is 0 Å². The number of rotatable bonds is 5. The van der Waals surface area contributed by atoms with Crippen LogP contribution in [0.15, 0.2) is 0 Å². The molecule has 0 aromatic heterocycles. The van der Waals surface area contributed by atoms with E-state index in [1.807, 2.05) is 6.92 Å². The van der Waals surface area contributed by atoms with Crippen molar-refractivity contribution in [2.75, 3.05) is 32.7 Å². The molecule has 6 heteroatoms. The van der Waals surface area contributed by atoms with Crippen molar-refractivity contribution in [2.45, 2.75) is 26.2 Å². The van der Waals surface area contributed by atoms with E-state index < -0.39 is 6.03 Å². The van der Waals surface area contributed by atoms with Crippen LogP contribution in [-0.2, 0) is 4.79 Å². The first-order valence-electron chi connectivity index (χ1n) is 6.65. The average Bonchev–Trinajstić information content (AvgIpc) is 2.36. The van der Waals surface area contributed by atoms with Crippen molar-refractivity contribution in [3.05, 3.63) is 0 Å². The van der Waals surface area contributed by atoms with Gasteiger partial charge in [0.05, 0.1) is 6.54 Å². The number of imide groups is 1. The number of nitrogens with one attached hydrogen (secondary N) is 2. The van der Waals surface area contributed by atoms with Gasteiger partial charge in [-0.25, -0.2) is 4.79 Å². The van der Waals surface area contributed by atoms with E-state index in [4.69, 9.17) is 5.73 Å². The molecule has 0 saturated carbocycles. The van der Waals surface area contributed by atoms with E-state index in [1.165, 1.54) is 0 Å². The number of hydrogen-bond donors (Lipinski definition) is 3. The van der Waals surface area contributed by atoms with Crippen LogP contribution < -0.4 is 16.4 Å². The van der Waals surface area contributed by atoms with E-state index in [0.717, 1.165) is 32.4 Å². The minimum atomic E-state index is -0.408. The summed E-state index contributed by atoms with van der Waals surface area (Å²) >= 11 is 0. The zero-order valence-electron chi connectivity index (χ0n) is 11.1. The topological polar surface area (TPSA) is 87.5 Å². The van der Waals surface area contributed by atoms with Crippen molar-refractivity contribution in [1.82, 2.24) is 15.5 Å². The molecule has 104 valence electrons. The Kier molecular flexibility index (Phi) is 6.67. The fourth-order valence-corrected chi connectivity index (χ4v) is 2.14. The van der Waals surface area contributed by atoms with Gasteiger partial charge in [-0.3, -0.25) is 15.0 Å². The molecule has 1 rings (SSSR count). The molecule has 1 heterocycles. The number of amides is 3. The van der Waals surface area contributed by atoms with Gasteiger partial charge in [-0.05, 0) is 38.3 Å². The SMILES string of the molecule is CCCNC(=O)NC(=O)CN1CCCC(CN)C1. The summed E-state index contributed by atoms with van der Waals surface area (Å²) in [6, 6.07) is -0.408. The molecule has 3 amide bonds. The maximum absolute atomic E-state index is 11.6. The van der Waals surface area contributed by atoms with Crippen LogP contribution in [0.3, 0.4) is 0 Å². The molecule has 0 radical (unpaired) electrons. The van der Waals surface area contributed by atoms with Gasteiger partial charge in [0.1, 0.15) is 0 Å². The number of urea groups is 1. The maximum atomic E-state index is 11.6. The van der Waals surface area contributed by atoms with E-state index in [9.17, 15) is 9.59 Å². The van der Waals surface area contributed by atoms with Crippen molar-refractivity contribution in [3.8, 4) is 0 Å². The fraction of sp³-hybridized carbons (Fsp3) is 0.833. The van der Waals surface area contributed by atoms with Gasteiger partial charge in [0, 0.05) is 13.1 Å². The normalized spacial score (nSPS) is 20.4. The molecule has 0 aliphatic carbocycles. The molecule has 0 aromatic carbocycles. The third-order valence-corrected chi connectivity index (χ3v) is 3.09. The number of piperidine rings is 1. The highest BCUT2D eigenvalue weighted by atomic mass is 16.2. The average molecular weight is 256 g/mol. The van der Waals surface area contributed by atoms with Crippen molar-refractivity contribution >= 4 is 11.9 Å². The van der Waals surface area contributed by atoms with Gasteiger partial charge in [0.25, 0.3) is 0 Å². The molecular formula is C12H24N4O2. The summed E-state index contributed by atoms with van der Waals surface area (Å²) in [5.41, 5.74) is 5.64. The molecule has 1 saturated heterocycles. The number of hydrogen-bond acceptors (Lipinski definition) is 4. The second-order valence-electron chi connectivity index (χ2n) is 4.78. The Hall–Kier alpha value is -1.14. The van der Waals surface area contributed by atoms with Crippen LogP contribution in [0.5, 0.6) is 0 Å². The van der Waals surface area contributed by atoms with Crippen LogP contribution >= 0.6 is 0 Å². The fourth-order valence-electron chi connectivity index (χ4n) is 2.14. The summed E-state index contributed by atoms with van der Waals surface area (Å²) in [5.74, 6) is 0.224. The van der Waals surface area contributed by atoms with Gasteiger partial charge in [-0.2, -0.15) is 0 Å². The number of nitrogens with two attached hydrogens (primary N) is 1. The first-order chi connectivity index (χ1) is 8.65. The Bertz CT molecular complexity index is 283. The molecule has 4 N–H and O–H groups in total. The highest BCUT2D eigenvalue weighted by Crippen LogP contribution is 2.14. The summed E-state index contributed by atoms with van der Waals surface area (Å²) in [6.45, 7) is 5.23. The maximum Gasteiger partial charge on any atom is 0.321 e. The van der Waals surface area contributed by atoms with Gasteiger partial charge < -0.3 is 11.1 Å². The van der Waals surface area contributed by atoms with Gasteiger partial charge in [0.2, 0.25) is 5.91 Å². The Morgan fingerprint density at radius 3 is 2.89 bits per heavy atom. The lowest BCUT2D eigenvalue weighted by molar-refractivity contribution is -0.121. The van der Waals surface area contributed by atoms with E-state index in [0.29, 0.717) is 19.0 Å². The lowest BCUT2D eigenvalue weighted by atomic mass is 9.98. The second kappa shape index (κ2) is 8.05. The minimum Gasteiger partial charge on any atom is -0.338 e. The van der Waals surface area contributed by atoms with Gasteiger partial charge in [-0.15, -0.1) is 0 Å². The molecule has 18 heavy (non-hydrogen) atoms. The highest BCUT2D eigenvalue weighted by molar-refractivity contribution is 5.95. The molecule has 1 aliphatic rings. The lowest BCUT2D eigenvalue weighted by Gasteiger charge is -2.31. The summed E-state index contributed by atoms with van der Waals surface area (Å²) in [5, 5.41) is 4.94. The predicted octanol–water partition coefficient (Wildman–Crippen LogP) is -0.107. The van der Waals surface area contributed by atoms with Crippen LogP contribution in [0, 0.1) is 5.92 Å². The summed E-state index contributed by atoms with van der Waals surface area (Å²) in [7, 11) is 0.